The zero-order chi connectivity index (χ0) is 13.8. The average molecular weight is 318 g/mol. The van der Waals surface area contributed by atoms with Crippen molar-refractivity contribution in [1.82, 2.24) is 15.1 Å². The second kappa shape index (κ2) is 6.95. The van der Waals surface area contributed by atoms with Crippen molar-refractivity contribution in [2.75, 3.05) is 19.3 Å². The van der Waals surface area contributed by atoms with E-state index < -0.39 is 0 Å². The first kappa shape index (κ1) is 15.1. The lowest BCUT2D eigenvalue weighted by molar-refractivity contribution is -0.131. The van der Waals surface area contributed by atoms with E-state index in [9.17, 15) is 4.79 Å². The van der Waals surface area contributed by atoms with Gasteiger partial charge in [0.25, 0.3) is 0 Å². The Morgan fingerprint density at radius 3 is 2.58 bits per heavy atom. The molecular weight excluding hydrogens is 298 g/mol. The topological polar surface area (TPSA) is 46.1 Å². The Kier molecular flexibility index (Phi) is 5.53. The predicted octanol–water partition coefficient (Wildman–Crippen LogP) is 3.00. The van der Waals surface area contributed by atoms with Crippen LogP contribution in [-0.2, 0) is 4.79 Å². The first-order chi connectivity index (χ1) is 9.10. The SMILES string of the molecule is CSc1nnc(SC(C)C(=O)N2CCC(C)CC2)s1. The van der Waals surface area contributed by atoms with E-state index in [1.54, 1.807) is 23.1 Å². The molecule has 0 spiro atoms. The number of carbonyl (C=O) groups excluding carboxylic acids is 1. The molecule has 0 aromatic carbocycles. The molecule has 0 N–H and O–H groups in total. The zero-order valence-electron chi connectivity index (χ0n) is 11.5. The van der Waals surface area contributed by atoms with Crippen molar-refractivity contribution in [3.8, 4) is 0 Å². The van der Waals surface area contributed by atoms with Crippen LogP contribution in [0.3, 0.4) is 0 Å². The smallest absolute Gasteiger partial charge is 0.235 e. The van der Waals surface area contributed by atoms with Crippen molar-refractivity contribution in [2.24, 2.45) is 5.92 Å². The van der Waals surface area contributed by atoms with E-state index in [0.717, 1.165) is 40.5 Å². The van der Waals surface area contributed by atoms with Gasteiger partial charge in [0.2, 0.25) is 5.91 Å². The Morgan fingerprint density at radius 2 is 2.00 bits per heavy atom. The molecule has 0 radical (unpaired) electrons. The highest BCUT2D eigenvalue weighted by Crippen LogP contribution is 2.31. The summed E-state index contributed by atoms with van der Waals surface area (Å²) in [6.45, 7) is 6.02. The summed E-state index contributed by atoms with van der Waals surface area (Å²) in [5.74, 6) is 0.983. The first-order valence-electron chi connectivity index (χ1n) is 6.43. The van der Waals surface area contributed by atoms with Gasteiger partial charge in [-0.1, -0.05) is 41.8 Å². The molecule has 1 atom stereocenters. The van der Waals surface area contributed by atoms with E-state index in [0.29, 0.717) is 0 Å². The van der Waals surface area contributed by atoms with Gasteiger partial charge in [0, 0.05) is 13.1 Å². The molecule has 19 heavy (non-hydrogen) atoms. The van der Waals surface area contributed by atoms with Crippen LogP contribution < -0.4 is 0 Å². The summed E-state index contributed by atoms with van der Waals surface area (Å²) < 4.78 is 1.84. The van der Waals surface area contributed by atoms with Crippen LogP contribution in [0.5, 0.6) is 0 Å². The van der Waals surface area contributed by atoms with Crippen LogP contribution in [0.2, 0.25) is 0 Å². The van der Waals surface area contributed by atoms with Gasteiger partial charge in [-0.25, -0.2) is 0 Å². The molecule has 106 valence electrons. The van der Waals surface area contributed by atoms with Crippen LogP contribution in [0.4, 0.5) is 0 Å². The first-order valence-corrected chi connectivity index (χ1v) is 9.35. The van der Waals surface area contributed by atoms with Crippen molar-refractivity contribution in [3.63, 3.8) is 0 Å². The molecule has 0 bridgehead atoms. The van der Waals surface area contributed by atoms with Crippen LogP contribution in [0.1, 0.15) is 26.7 Å². The van der Waals surface area contributed by atoms with E-state index in [1.807, 2.05) is 18.1 Å². The molecule has 1 aliphatic rings. The second-order valence-corrected chi connectivity index (χ2v) is 8.42. The summed E-state index contributed by atoms with van der Waals surface area (Å²) in [6.07, 6.45) is 4.23. The van der Waals surface area contributed by atoms with Crippen LogP contribution in [0.25, 0.3) is 0 Å². The number of carbonyl (C=O) groups is 1. The lowest BCUT2D eigenvalue weighted by Crippen LogP contribution is -2.41. The lowest BCUT2D eigenvalue weighted by Gasteiger charge is -2.31. The van der Waals surface area contributed by atoms with Gasteiger partial charge in [0.15, 0.2) is 8.68 Å². The highest BCUT2D eigenvalue weighted by Gasteiger charge is 2.25. The molecule has 2 heterocycles. The third-order valence-electron chi connectivity index (χ3n) is 3.28. The lowest BCUT2D eigenvalue weighted by atomic mass is 9.99. The summed E-state index contributed by atoms with van der Waals surface area (Å²) in [5.41, 5.74) is 0. The van der Waals surface area contributed by atoms with Crippen molar-refractivity contribution in [3.05, 3.63) is 0 Å². The molecule has 1 fully saturated rings. The molecule has 0 aliphatic carbocycles. The maximum absolute atomic E-state index is 12.3. The van der Waals surface area contributed by atoms with Crippen molar-refractivity contribution in [2.45, 2.75) is 40.6 Å². The van der Waals surface area contributed by atoms with Crippen molar-refractivity contribution in [1.29, 1.82) is 0 Å². The van der Waals surface area contributed by atoms with Crippen molar-refractivity contribution < 1.29 is 4.79 Å². The third-order valence-corrected chi connectivity index (χ3v) is 6.35. The van der Waals surface area contributed by atoms with E-state index in [-0.39, 0.29) is 11.2 Å². The second-order valence-electron chi connectivity index (χ2n) is 4.81. The van der Waals surface area contributed by atoms with Crippen LogP contribution in [0, 0.1) is 5.92 Å². The van der Waals surface area contributed by atoms with E-state index in [4.69, 9.17) is 0 Å². The normalized spacial score (nSPS) is 18.6. The number of likely N-dealkylation sites (tertiary alicyclic amines) is 1. The maximum Gasteiger partial charge on any atom is 0.235 e. The molecule has 1 amide bonds. The molecule has 4 nitrogen and oxygen atoms in total. The molecule has 2 rings (SSSR count). The van der Waals surface area contributed by atoms with Crippen LogP contribution in [-0.4, -0.2) is 45.6 Å². The van der Waals surface area contributed by atoms with E-state index >= 15 is 0 Å². The highest BCUT2D eigenvalue weighted by molar-refractivity contribution is 8.03. The number of rotatable bonds is 4. The predicted molar refractivity (Wildman–Crippen MR) is 82.0 cm³/mol. The fraction of sp³-hybridized carbons (Fsp3) is 0.750. The minimum Gasteiger partial charge on any atom is -0.342 e. The monoisotopic (exact) mass is 317 g/mol. The summed E-state index contributed by atoms with van der Waals surface area (Å²) >= 11 is 4.67. The number of piperidine rings is 1. The van der Waals surface area contributed by atoms with Crippen molar-refractivity contribution >= 4 is 40.8 Å². The Bertz CT molecular complexity index is 430. The molecule has 1 unspecified atom stereocenters. The summed E-state index contributed by atoms with van der Waals surface area (Å²) in [4.78, 5) is 14.3. The van der Waals surface area contributed by atoms with Crippen LogP contribution in [0.15, 0.2) is 8.68 Å². The van der Waals surface area contributed by atoms with Gasteiger partial charge in [-0.3, -0.25) is 4.79 Å². The van der Waals surface area contributed by atoms with Crippen LogP contribution >= 0.6 is 34.9 Å². The largest absolute Gasteiger partial charge is 0.342 e. The Hall–Kier alpha value is -0.270. The summed E-state index contributed by atoms with van der Waals surface area (Å²) in [6, 6.07) is 0. The number of nitrogens with zero attached hydrogens (tertiary/aromatic N) is 3. The van der Waals surface area contributed by atoms with E-state index in [1.165, 1.54) is 11.8 Å². The fourth-order valence-corrected chi connectivity index (χ4v) is 4.68. The molecule has 1 saturated heterocycles. The van der Waals surface area contributed by atoms with Gasteiger partial charge in [0.05, 0.1) is 5.25 Å². The molecule has 1 aliphatic heterocycles. The summed E-state index contributed by atoms with van der Waals surface area (Å²) in [5, 5.41) is 8.09. The minimum absolute atomic E-state index is 0.0731. The van der Waals surface area contributed by atoms with Gasteiger partial charge in [-0.2, -0.15) is 0 Å². The average Bonchev–Trinajstić information content (AvgIpc) is 2.86. The number of thioether (sulfide) groups is 2. The molecule has 7 heteroatoms. The Balaban J connectivity index is 1.88. The quantitative estimate of drug-likeness (QED) is 0.799. The Labute approximate surface area is 126 Å². The Morgan fingerprint density at radius 1 is 1.37 bits per heavy atom. The summed E-state index contributed by atoms with van der Waals surface area (Å²) in [7, 11) is 0. The molecule has 1 aromatic rings. The maximum atomic E-state index is 12.3. The highest BCUT2D eigenvalue weighted by atomic mass is 32.2. The van der Waals surface area contributed by atoms with Gasteiger partial charge >= 0.3 is 0 Å². The zero-order valence-corrected chi connectivity index (χ0v) is 13.9. The van der Waals surface area contributed by atoms with Gasteiger partial charge in [0.1, 0.15) is 0 Å². The number of hydrogen-bond acceptors (Lipinski definition) is 6. The number of hydrogen-bond donors (Lipinski definition) is 0. The fourth-order valence-electron chi connectivity index (χ4n) is 2.02. The number of amides is 1. The van der Waals surface area contributed by atoms with Gasteiger partial charge in [-0.05, 0) is 31.9 Å². The third kappa shape index (κ3) is 4.10. The number of aromatic nitrogens is 2. The molecular formula is C12H19N3OS3. The van der Waals surface area contributed by atoms with E-state index in [2.05, 4.69) is 17.1 Å². The minimum atomic E-state index is -0.0731. The molecule has 1 aromatic heterocycles. The van der Waals surface area contributed by atoms with Gasteiger partial charge in [-0.15, -0.1) is 10.2 Å². The van der Waals surface area contributed by atoms with Gasteiger partial charge < -0.3 is 4.90 Å². The molecule has 0 saturated carbocycles. The standard InChI is InChI=1S/C12H19N3OS3/c1-8-4-6-15(7-5-8)10(16)9(2)18-12-14-13-11(17-3)19-12/h8-9H,4-7H2,1-3H3.